The van der Waals surface area contributed by atoms with Crippen LogP contribution in [-0.4, -0.2) is 48.4 Å². The van der Waals surface area contributed by atoms with E-state index in [9.17, 15) is 0 Å². The van der Waals surface area contributed by atoms with Crippen molar-refractivity contribution in [3.63, 3.8) is 0 Å². The maximum Gasteiger partial charge on any atom is 0.119 e. The number of nitrogens with zero attached hydrogens (tertiary/aromatic N) is 2. The quantitative estimate of drug-likeness (QED) is 0.0355. The van der Waals surface area contributed by atoms with Crippen LogP contribution in [0.2, 0.25) is 0 Å². The van der Waals surface area contributed by atoms with Crippen molar-refractivity contribution in [3.05, 3.63) is 216 Å². The first kappa shape index (κ1) is 73.1. The molecule has 10 aromatic rings. The minimum atomic E-state index is -0.120. The summed E-state index contributed by atoms with van der Waals surface area (Å²) in [6.45, 7) is 12.3. The van der Waals surface area contributed by atoms with Gasteiger partial charge in [-0.05, 0) is 163 Å². The van der Waals surface area contributed by atoms with Crippen LogP contribution < -0.4 is 9.47 Å². The van der Waals surface area contributed by atoms with Crippen molar-refractivity contribution in [2.24, 2.45) is 0 Å². The van der Waals surface area contributed by atoms with Crippen LogP contribution in [0.5, 0.6) is 11.5 Å². The van der Waals surface area contributed by atoms with Crippen molar-refractivity contribution in [2.75, 3.05) is 39.6 Å². The van der Waals surface area contributed by atoms with Crippen molar-refractivity contribution < 1.29 is 18.9 Å². The minimum Gasteiger partial charge on any atom is -0.491 e. The largest absolute Gasteiger partial charge is 0.491 e. The summed E-state index contributed by atoms with van der Waals surface area (Å²) in [5.74, 6) is 1.68. The number of rotatable bonds is 44. The van der Waals surface area contributed by atoms with Gasteiger partial charge < -0.3 is 18.9 Å². The monoisotopic (exact) mass is 1360 g/mol. The van der Waals surface area contributed by atoms with Gasteiger partial charge in [0.05, 0.1) is 38.2 Å². The highest BCUT2D eigenvalue weighted by Crippen LogP contribution is 2.58. The van der Waals surface area contributed by atoms with Crippen molar-refractivity contribution in [3.8, 4) is 89.4 Å². The molecule has 0 bridgehead atoms. The summed E-state index contributed by atoms with van der Waals surface area (Å²) >= 11 is 1.36. The van der Waals surface area contributed by atoms with E-state index in [0.29, 0.717) is 39.6 Å². The van der Waals surface area contributed by atoms with Crippen LogP contribution in [-0.2, 0) is 20.3 Å². The smallest absolute Gasteiger partial charge is 0.119 e. The highest BCUT2D eigenvalue weighted by Gasteiger charge is 2.44. The second-order valence-corrected chi connectivity index (χ2v) is 29.6. The average molecular weight is 1370 g/mol. The fourth-order valence-corrected chi connectivity index (χ4v) is 17.3. The summed E-state index contributed by atoms with van der Waals surface area (Å²) in [7, 11) is 0. The lowest BCUT2D eigenvalue weighted by molar-refractivity contribution is 0.0273. The second kappa shape index (κ2) is 37.5. The Morgan fingerprint density at radius 1 is 0.257 bits per heavy atom. The fraction of sp³-hybridized carbons (Fsp3) is 0.426. The molecule has 0 fully saturated rings. The molecule has 0 radical (unpaired) electrons. The SMILES string of the molecule is CCCCCCCCC1(CCCCCCCC)c2cc(-c3ccccc3)ccc2-c2ccc(-c3ccc(-c4ccc5c(c4)C(CCCCCCCC)(CCCCCCCC)c4cc(-c6ccc(OCCOCCOCCOc7ccc(-c8ccccc8)cc7)cc6)ccc4-5)c4nsnc34)cc21. The zero-order valence-corrected chi connectivity index (χ0v) is 62.3. The Hall–Kier alpha value is -7.68. The Balaban J connectivity index is 0.790. The number of benzene rings is 9. The van der Waals surface area contributed by atoms with Crippen LogP contribution in [0.15, 0.2) is 194 Å². The predicted octanol–water partition coefficient (Wildman–Crippen LogP) is 27.1. The lowest BCUT2D eigenvalue weighted by atomic mass is 9.69. The van der Waals surface area contributed by atoms with Gasteiger partial charge in [0, 0.05) is 22.0 Å². The molecule has 2 aliphatic carbocycles. The molecule has 0 atom stereocenters. The Morgan fingerprint density at radius 3 is 0.881 bits per heavy atom. The van der Waals surface area contributed by atoms with Gasteiger partial charge in [-0.25, -0.2) is 0 Å². The maximum absolute atomic E-state index is 6.24. The molecule has 0 saturated carbocycles. The third kappa shape index (κ3) is 18.0. The number of aromatic nitrogens is 2. The third-order valence-electron chi connectivity index (χ3n) is 22.2. The molecule has 2 aliphatic rings. The summed E-state index contributed by atoms with van der Waals surface area (Å²) in [5.41, 5.74) is 25.8. The van der Waals surface area contributed by atoms with E-state index in [1.807, 2.05) is 18.2 Å². The fourth-order valence-electron chi connectivity index (χ4n) is 16.7. The van der Waals surface area contributed by atoms with Crippen LogP contribution in [0.25, 0.3) is 88.9 Å². The molecule has 1 aromatic heterocycles. The molecule has 101 heavy (non-hydrogen) atoms. The van der Waals surface area contributed by atoms with Crippen molar-refractivity contribution >= 4 is 22.8 Å². The van der Waals surface area contributed by atoms with Crippen LogP contribution in [0, 0.1) is 0 Å². The van der Waals surface area contributed by atoms with Crippen molar-refractivity contribution in [1.82, 2.24) is 8.75 Å². The van der Waals surface area contributed by atoms with Gasteiger partial charge in [-0.15, -0.1) is 0 Å². The molecular formula is C94H112N2O4S. The molecule has 0 saturated heterocycles. The van der Waals surface area contributed by atoms with Gasteiger partial charge in [0.25, 0.3) is 0 Å². The first-order valence-corrected chi connectivity index (χ1v) is 40.3. The van der Waals surface area contributed by atoms with Gasteiger partial charge in [0.2, 0.25) is 0 Å². The molecule has 0 spiro atoms. The van der Waals surface area contributed by atoms with E-state index in [2.05, 4.69) is 204 Å². The molecule has 0 unspecified atom stereocenters. The van der Waals surface area contributed by atoms with Crippen LogP contribution in [0.4, 0.5) is 0 Å². The lowest BCUT2D eigenvalue weighted by Gasteiger charge is -2.33. The van der Waals surface area contributed by atoms with Gasteiger partial charge in [-0.2, -0.15) is 8.75 Å². The molecule has 9 aromatic carbocycles. The van der Waals surface area contributed by atoms with E-state index < -0.39 is 0 Å². The Kier molecular flexibility index (Phi) is 27.1. The number of unbranched alkanes of at least 4 members (excludes halogenated alkanes) is 20. The molecule has 0 aliphatic heterocycles. The number of ether oxygens (including phenoxy) is 4. The standard InChI is InChI=1S/C94H112N2O4S/c1-5-9-13-17-21-31-57-93(58-32-22-18-14-10-6-2)87-67-75(72-37-29-26-30-38-72)43-51-83(87)85-53-45-77(69-89(85)93)81-55-56-82(92-91(81)95-101-96-92)78-46-54-86-84-52-44-76(68-88(84)94(90(86)70-78,59-33-23-19-15-11-7-3)60-34-24-20-16-12-8-4)74-41-49-80(50-42-74)100-66-64-98-62-61-97-63-65-99-79-47-39-73(40-48-79)71-35-27-25-28-36-71/h25-30,35-56,67-70H,5-24,31-34,57-66H2,1-4H3. The van der Waals surface area contributed by atoms with Gasteiger partial charge in [-0.3, -0.25) is 0 Å². The van der Waals surface area contributed by atoms with Crippen molar-refractivity contribution in [2.45, 2.75) is 218 Å². The first-order valence-electron chi connectivity index (χ1n) is 39.5. The van der Waals surface area contributed by atoms with Gasteiger partial charge in [0.1, 0.15) is 35.7 Å². The van der Waals surface area contributed by atoms with Crippen LogP contribution >= 0.6 is 11.7 Å². The van der Waals surface area contributed by atoms with E-state index in [1.165, 1.54) is 273 Å². The molecule has 0 N–H and O–H groups in total. The van der Waals surface area contributed by atoms with Crippen molar-refractivity contribution in [1.29, 1.82) is 0 Å². The second-order valence-electron chi connectivity index (χ2n) is 29.1. The van der Waals surface area contributed by atoms with Crippen LogP contribution in [0.3, 0.4) is 0 Å². The van der Waals surface area contributed by atoms with Gasteiger partial charge >= 0.3 is 0 Å². The zero-order valence-electron chi connectivity index (χ0n) is 61.5. The molecule has 7 heteroatoms. The molecule has 0 amide bonds. The summed E-state index contributed by atoms with van der Waals surface area (Å²) in [6, 6.07) is 73.0. The predicted molar refractivity (Wildman–Crippen MR) is 428 cm³/mol. The first-order chi connectivity index (χ1) is 49.9. The van der Waals surface area contributed by atoms with Gasteiger partial charge in [-0.1, -0.05) is 327 Å². The maximum atomic E-state index is 6.24. The molecular weight excluding hydrogens is 1250 g/mol. The summed E-state index contributed by atoms with van der Waals surface area (Å²) < 4.78 is 34.4. The zero-order chi connectivity index (χ0) is 69.3. The lowest BCUT2D eigenvalue weighted by Crippen LogP contribution is -2.25. The molecule has 528 valence electrons. The van der Waals surface area contributed by atoms with E-state index in [0.717, 1.165) is 35.4 Å². The molecule has 6 nitrogen and oxygen atoms in total. The van der Waals surface area contributed by atoms with Crippen LogP contribution in [0.1, 0.15) is 230 Å². The normalized spacial score (nSPS) is 13.1. The molecule has 1 heterocycles. The highest BCUT2D eigenvalue weighted by molar-refractivity contribution is 7.00. The van der Waals surface area contributed by atoms with E-state index >= 15 is 0 Å². The number of fused-ring (bicyclic) bond motifs is 7. The van der Waals surface area contributed by atoms with Gasteiger partial charge in [0.15, 0.2) is 0 Å². The molecule has 12 rings (SSSR count). The summed E-state index contributed by atoms with van der Waals surface area (Å²) in [6.07, 6.45) is 35.5. The number of hydrogen-bond acceptors (Lipinski definition) is 7. The Morgan fingerprint density at radius 2 is 0.525 bits per heavy atom. The van der Waals surface area contributed by atoms with E-state index in [1.54, 1.807) is 5.56 Å². The Bertz CT molecular complexity index is 4120. The van der Waals surface area contributed by atoms with E-state index in [-0.39, 0.29) is 10.8 Å². The highest BCUT2D eigenvalue weighted by atomic mass is 32.1. The van der Waals surface area contributed by atoms with E-state index in [4.69, 9.17) is 27.7 Å². The minimum absolute atomic E-state index is 0.0647. The Labute approximate surface area is 610 Å². The third-order valence-corrected chi connectivity index (χ3v) is 22.7. The number of hydrogen-bond donors (Lipinski definition) is 0. The average Bonchev–Trinajstić information content (AvgIpc) is 1.57. The topological polar surface area (TPSA) is 62.7 Å². The summed E-state index contributed by atoms with van der Waals surface area (Å²) in [4.78, 5) is 0. The summed E-state index contributed by atoms with van der Waals surface area (Å²) in [5, 5.41) is 0.